The second-order valence-corrected chi connectivity index (χ2v) is 7.85. The van der Waals surface area contributed by atoms with Gasteiger partial charge in [0, 0.05) is 11.4 Å². The highest BCUT2D eigenvalue weighted by molar-refractivity contribution is 7.98. The molecule has 0 spiro atoms. The van der Waals surface area contributed by atoms with Gasteiger partial charge in [0.1, 0.15) is 5.75 Å². The number of carbonyl (C=O) groups is 1. The molecule has 0 atom stereocenters. The number of amides is 1. The molecular formula is C23H19F2N5O2S. The van der Waals surface area contributed by atoms with Gasteiger partial charge < -0.3 is 10.1 Å². The Labute approximate surface area is 192 Å². The third-order valence-electron chi connectivity index (χ3n) is 4.60. The molecule has 0 saturated heterocycles. The van der Waals surface area contributed by atoms with Crippen molar-refractivity contribution < 1.29 is 18.3 Å². The summed E-state index contributed by atoms with van der Waals surface area (Å²) in [5, 5.41) is 14.7. The molecule has 10 heteroatoms. The highest BCUT2D eigenvalue weighted by Gasteiger charge is 2.14. The monoisotopic (exact) mass is 467 g/mol. The molecule has 0 aliphatic rings. The highest BCUT2D eigenvalue weighted by atomic mass is 32.2. The summed E-state index contributed by atoms with van der Waals surface area (Å²) in [5.74, 6) is 0.876. The van der Waals surface area contributed by atoms with Crippen molar-refractivity contribution in [2.24, 2.45) is 0 Å². The normalized spacial score (nSPS) is 10.9. The average molecular weight is 468 g/mol. The van der Waals surface area contributed by atoms with Crippen LogP contribution >= 0.6 is 11.8 Å². The number of rotatable bonds is 9. The molecule has 0 aliphatic heterocycles. The number of benzene rings is 3. The van der Waals surface area contributed by atoms with Crippen LogP contribution in [-0.2, 0) is 12.3 Å². The molecule has 3 aromatic carbocycles. The number of ether oxygens (including phenoxy) is 1. The summed E-state index contributed by atoms with van der Waals surface area (Å²) in [4.78, 5) is 13.6. The van der Waals surface area contributed by atoms with Crippen LogP contribution in [0.5, 0.6) is 5.75 Å². The molecule has 1 aromatic heterocycles. The van der Waals surface area contributed by atoms with Crippen molar-refractivity contribution in [1.29, 1.82) is 0 Å². The Bertz CT molecular complexity index is 1220. The van der Waals surface area contributed by atoms with Crippen molar-refractivity contribution >= 4 is 17.7 Å². The molecule has 168 valence electrons. The van der Waals surface area contributed by atoms with E-state index >= 15 is 0 Å². The fraction of sp³-hybridized carbons (Fsp3) is 0.130. The third-order valence-corrected chi connectivity index (χ3v) is 5.67. The van der Waals surface area contributed by atoms with Crippen LogP contribution in [0.1, 0.15) is 21.7 Å². The number of tetrazole rings is 1. The Balaban J connectivity index is 1.42. The first-order chi connectivity index (χ1) is 16.1. The fourth-order valence-corrected chi connectivity index (χ4v) is 4.05. The molecule has 4 rings (SSSR count). The van der Waals surface area contributed by atoms with Crippen LogP contribution in [0.3, 0.4) is 0 Å². The minimum atomic E-state index is -2.90. The van der Waals surface area contributed by atoms with Gasteiger partial charge in [0.25, 0.3) is 5.91 Å². The number of aromatic nitrogens is 4. The maximum Gasteiger partial charge on any atom is 0.387 e. The molecule has 7 nitrogen and oxygen atoms in total. The lowest BCUT2D eigenvalue weighted by molar-refractivity contribution is -0.0498. The summed E-state index contributed by atoms with van der Waals surface area (Å²) >= 11 is 1.45. The molecule has 0 bridgehead atoms. The van der Waals surface area contributed by atoms with Gasteiger partial charge in [0.2, 0.25) is 0 Å². The first kappa shape index (κ1) is 22.4. The lowest BCUT2D eigenvalue weighted by atomic mass is 10.2. The highest BCUT2D eigenvalue weighted by Crippen LogP contribution is 2.26. The van der Waals surface area contributed by atoms with Gasteiger partial charge in [-0.2, -0.15) is 13.5 Å². The number of nitrogens with one attached hydrogen (secondary N) is 1. The van der Waals surface area contributed by atoms with Crippen LogP contribution in [0.25, 0.3) is 5.69 Å². The maximum absolute atomic E-state index is 12.8. The molecule has 0 radical (unpaired) electrons. The topological polar surface area (TPSA) is 81.9 Å². The van der Waals surface area contributed by atoms with E-state index in [2.05, 4.69) is 25.6 Å². The minimum Gasteiger partial charge on any atom is -0.435 e. The largest absolute Gasteiger partial charge is 0.435 e. The smallest absolute Gasteiger partial charge is 0.387 e. The molecule has 1 N–H and O–H groups in total. The Morgan fingerprint density at radius 3 is 2.64 bits per heavy atom. The number of hydrogen-bond donors (Lipinski definition) is 1. The van der Waals surface area contributed by atoms with Crippen molar-refractivity contribution in [3.05, 3.63) is 95.8 Å². The van der Waals surface area contributed by atoms with Gasteiger partial charge in [0.05, 0.1) is 17.0 Å². The standard InChI is InChI=1S/C23H19F2N5O2S/c24-23(25)32-18-10-6-7-16(13-18)14-26-22(31)19-11-4-5-12-20(19)33-15-21-27-28-29-30(21)17-8-2-1-3-9-17/h1-13,23H,14-15H2,(H,26,31). The van der Waals surface area contributed by atoms with Crippen molar-refractivity contribution in [1.82, 2.24) is 25.5 Å². The van der Waals surface area contributed by atoms with Crippen molar-refractivity contribution in [2.75, 3.05) is 0 Å². The SMILES string of the molecule is O=C(NCc1cccc(OC(F)F)c1)c1ccccc1SCc1nnnn1-c1ccccc1. The summed E-state index contributed by atoms with van der Waals surface area (Å²) < 4.78 is 30.9. The molecule has 0 fully saturated rings. The maximum atomic E-state index is 12.8. The van der Waals surface area contributed by atoms with E-state index < -0.39 is 6.61 Å². The van der Waals surface area contributed by atoms with E-state index in [9.17, 15) is 13.6 Å². The fourth-order valence-electron chi connectivity index (χ4n) is 3.10. The number of nitrogens with zero attached hydrogens (tertiary/aromatic N) is 4. The van der Waals surface area contributed by atoms with Gasteiger partial charge in [-0.1, -0.05) is 42.5 Å². The predicted molar refractivity (Wildman–Crippen MR) is 119 cm³/mol. The molecule has 4 aromatic rings. The summed E-state index contributed by atoms with van der Waals surface area (Å²) in [5.41, 5.74) is 2.00. The van der Waals surface area contributed by atoms with E-state index in [1.165, 1.54) is 23.9 Å². The van der Waals surface area contributed by atoms with E-state index in [1.54, 1.807) is 28.9 Å². The number of carbonyl (C=O) groups excluding carboxylic acids is 1. The van der Waals surface area contributed by atoms with Crippen LogP contribution in [-0.4, -0.2) is 32.7 Å². The Morgan fingerprint density at radius 2 is 1.82 bits per heavy atom. The van der Waals surface area contributed by atoms with E-state index in [0.29, 0.717) is 22.7 Å². The van der Waals surface area contributed by atoms with E-state index in [0.717, 1.165) is 10.6 Å². The summed E-state index contributed by atoms with van der Waals surface area (Å²) in [6.45, 7) is -2.73. The van der Waals surface area contributed by atoms with Gasteiger partial charge >= 0.3 is 6.61 Å². The lowest BCUT2D eigenvalue weighted by Gasteiger charge is -2.11. The zero-order valence-electron chi connectivity index (χ0n) is 17.3. The van der Waals surface area contributed by atoms with E-state index in [4.69, 9.17) is 0 Å². The molecular weight excluding hydrogens is 448 g/mol. The number of alkyl halides is 2. The van der Waals surface area contributed by atoms with Crippen molar-refractivity contribution in [2.45, 2.75) is 23.8 Å². The van der Waals surface area contributed by atoms with E-state index in [1.807, 2.05) is 42.5 Å². The number of thioether (sulfide) groups is 1. The lowest BCUT2D eigenvalue weighted by Crippen LogP contribution is -2.23. The first-order valence-electron chi connectivity index (χ1n) is 9.96. The van der Waals surface area contributed by atoms with Crippen LogP contribution in [0.4, 0.5) is 8.78 Å². The predicted octanol–water partition coefficient (Wildman–Crippen LogP) is 4.49. The quantitative estimate of drug-likeness (QED) is 0.366. The Kier molecular flexibility index (Phi) is 7.26. The number of halogens is 2. The number of para-hydroxylation sites is 1. The summed E-state index contributed by atoms with van der Waals surface area (Å²) in [6.07, 6.45) is 0. The first-order valence-corrected chi connectivity index (χ1v) is 10.9. The van der Waals surface area contributed by atoms with Gasteiger partial charge in [0.15, 0.2) is 5.82 Å². The second-order valence-electron chi connectivity index (χ2n) is 6.84. The molecule has 0 saturated carbocycles. The van der Waals surface area contributed by atoms with Gasteiger partial charge in [-0.15, -0.1) is 16.9 Å². The van der Waals surface area contributed by atoms with Crippen LogP contribution in [0.15, 0.2) is 83.8 Å². The number of hydrogen-bond acceptors (Lipinski definition) is 6. The van der Waals surface area contributed by atoms with Crippen LogP contribution < -0.4 is 10.1 Å². The van der Waals surface area contributed by atoms with E-state index in [-0.39, 0.29) is 18.2 Å². The summed E-state index contributed by atoms with van der Waals surface area (Å²) in [6, 6.07) is 23.0. The Morgan fingerprint density at radius 1 is 1.03 bits per heavy atom. The van der Waals surface area contributed by atoms with Gasteiger partial charge in [-0.05, 0) is 52.4 Å². The van der Waals surface area contributed by atoms with Crippen LogP contribution in [0.2, 0.25) is 0 Å². The zero-order valence-corrected chi connectivity index (χ0v) is 18.1. The molecule has 0 unspecified atom stereocenters. The van der Waals surface area contributed by atoms with Crippen LogP contribution in [0, 0.1) is 0 Å². The second kappa shape index (κ2) is 10.7. The van der Waals surface area contributed by atoms with Gasteiger partial charge in [-0.3, -0.25) is 4.79 Å². The molecule has 33 heavy (non-hydrogen) atoms. The minimum absolute atomic E-state index is 0.0452. The molecule has 1 amide bonds. The molecule has 1 heterocycles. The van der Waals surface area contributed by atoms with Crippen molar-refractivity contribution in [3.63, 3.8) is 0 Å². The zero-order chi connectivity index (χ0) is 23.0. The van der Waals surface area contributed by atoms with Crippen molar-refractivity contribution in [3.8, 4) is 11.4 Å². The third kappa shape index (κ3) is 5.92. The molecule has 0 aliphatic carbocycles. The summed E-state index contributed by atoms with van der Waals surface area (Å²) in [7, 11) is 0. The average Bonchev–Trinajstić information content (AvgIpc) is 3.30. The van der Waals surface area contributed by atoms with Gasteiger partial charge in [-0.25, -0.2) is 0 Å². The Hall–Kier alpha value is -3.79.